The van der Waals surface area contributed by atoms with E-state index in [2.05, 4.69) is 36.4 Å². The summed E-state index contributed by atoms with van der Waals surface area (Å²) in [6.45, 7) is 10.1. The Labute approximate surface area is 142 Å². The monoisotopic (exact) mass is 327 g/mol. The van der Waals surface area contributed by atoms with E-state index in [1.165, 1.54) is 25.7 Å². The van der Waals surface area contributed by atoms with Crippen molar-refractivity contribution in [3.8, 4) is 0 Å². The summed E-state index contributed by atoms with van der Waals surface area (Å²) in [5.41, 5.74) is 0. The molecule has 1 saturated heterocycles. The SMILES string of the molecule is CN=C(NCCCOCC1CCCO1)NC(C)CCCC(C)C. The first-order chi connectivity index (χ1) is 11.1. The summed E-state index contributed by atoms with van der Waals surface area (Å²) in [7, 11) is 1.82. The third kappa shape index (κ3) is 10.6. The Kier molecular flexibility index (Phi) is 11.1. The lowest BCUT2D eigenvalue weighted by Crippen LogP contribution is -2.42. The predicted molar refractivity (Wildman–Crippen MR) is 97.1 cm³/mol. The minimum atomic E-state index is 0.323. The van der Waals surface area contributed by atoms with Gasteiger partial charge in [-0.25, -0.2) is 0 Å². The minimum Gasteiger partial charge on any atom is -0.379 e. The van der Waals surface area contributed by atoms with Crippen LogP contribution in [0.1, 0.15) is 59.3 Å². The predicted octanol–water partition coefficient (Wildman–Crippen LogP) is 2.95. The zero-order valence-corrected chi connectivity index (χ0v) is 15.6. The number of nitrogens with one attached hydrogen (secondary N) is 2. The molecule has 0 saturated carbocycles. The molecule has 0 aromatic carbocycles. The Morgan fingerprint density at radius 2 is 2.09 bits per heavy atom. The van der Waals surface area contributed by atoms with Crippen LogP contribution in [-0.4, -0.2) is 51.5 Å². The van der Waals surface area contributed by atoms with Crippen LogP contribution in [0.5, 0.6) is 0 Å². The number of hydrogen-bond donors (Lipinski definition) is 2. The average Bonchev–Trinajstić information content (AvgIpc) is 3.02. The molecule has 1 aliphatic rings. The molecule has 0 spiro atoms. The van der Waals surface area contributed by atoms with Gasteiger partial charge >= 0.3 is 0 Å². The Hall–Kier alpha value is -0.810. The summed E-state index contributed by atoms with van der Waals surface area (Å²) in [6.07, 6.45) is 7.36. The molecule has 5 nitrogen and oxygen atoms in total. The van der Waals surface area contributed by atoms with Crippen molar-refractivity contribution < 1.29 is 9.47 Å². The second-order valence-corrected chi connectivity index (χ2v) is 6.93. The highest BCUT2D eigenvalue weighted by Crippen LogP contribution is 2.11. The maximum absolute atomic E-state index is 5.66. The van der Waals surface area contributed by atoms with E-state index in [0.29, 0.717) is 12.1 Å². The Morgan fingerprint density at radius 3 is 2.74 bits per heavy atom. The summed E-state index contributed by atoms with van der Waals surface area (Å²) < 4.78 is 11.2. The standard InChI is InChI=1S/C18H37N3O2/c1-15(2)8-5-9-16(3)21-18(19-4)20-11-7-12-22-14-17-10-6-13-23-17/h15-17H,5-14H2,1-4H3,(H2,19,20,21). The van der Waals surface area contributed by atoms with Gasteiger partial charge in [-0.1, -0.05) is 26.7 Å². The van der Waals surface area contributed by atoms with E-state index in [1.807, 2.05) is 7.05 Å². The average molecular weight is 328 g/mol. The van der Waals surface area contributed by atoms with Crippen LogP contribution in [0.15, 0.2) is 4.99 Å². The van der Waals surface area contributed by atoms with Crippen LogP contribution < -0.4 is 10.6 Å². The summed E-state index contributed by atoms with van der Waals surface area (Å²) in [5.74, 6) is 1.68. The Bertz CT molecular complexity index is 315. The van der Waals surface area contributed by atoms with Crippen molar-refractivity contribution in [1.82, 2.24) is 10.6 Å². The van der Waals surface area contributed by atoms with Crippen molar-refractivity contribution in [2.24, 2.45) is 10.9 Å². The fourth-order valence-electron chi connectivity index (χ4n) is 2.70. The molecule has 2 atom stereocenters. The fourth-order valence-corrected chi connectivity index (χ4v) is 2.70. The largest absolute Gasteiger partial charge is 0.379 e. The molecule has 1 heterocycles. The zero-order valence-electron chi connectivity index (χ0n) is 15.6. The molecule has 2 N–H and O–H groups in total. The summed E-state index contributed by atoms with van der Waals surface area (Å²) in [4.78, 5) is 4.29. The van der Waals surface area contributed by atoms with Crippen LogP contribution in [0.4, 0.5) is 0 Å². The van der Waals surface area contributed by atoms with Gasteiger partial charge < -0.3 is 20.1 Å². The highest BCUT2D eigenvalue weighted by atomic mass is 16.5. The van der Waals surface area contributed by atoms with E-state index in [4.69, 9.17) is 9.47 Å². The zero-order chi connectivity index (χ0) is 16.9. The van der Waals surface area contributed by atoms with E-state index in [0.717, 1.165) is 51.1 Å². The number of ether oxygens (including phenoxy) is 2. The third-order valence-electron chi connectivity index (χ3n) is 4.11. The van der Waals surface area contributed by atoms with Gasteiger partial charge in [0.2, 0.25) is 0 Å². The lowest BCUT2D eigenvalue weighted by Gasteiger charge is -2.18. The maximum atomic E-state index is 5.66. The van der Waals surface area contributed by atoms with Crippen LogP contribution in [-0.2, 0) is 9.47 Å². The first-order valence-corrected chi connectivity index (χ1v) is 9.28. The van der Waals surface area contributed by atoms with Gasteiger partial charge in [-0.3, -0.25) is 4.99 Å². The van der Waals surface area contributed by atoms with Gasteiger partial charge in [0, 0.05) is 32.8 Å². The minimum absolute atomic E-state index is 0.323. The van der Waals surface area contributed by atoms with Crippen molar-refractivity contribution in [1.29, 1.82) is 0 Å². The second-order valence-electron chi connectivity index (χ2n) is 6.93. The molecule has 23 heavy (non-hydrogen) atoms. The van der Waals surface area contributed by atoms with Crippen molar-refractivity contribution in [2.75, 3.05) is 33.4 Å². The molecule has 0 radical (unpaired) electrons. The van der Waals surface area contributed by atoms with Crippen molar-refractivity contribution in [3.63, 3.8) is 0 Å². The first-order valence-electron chi connectivity index (χ1n) is 9.28. The number of guanidine groups is 1. The van der Waals surface area contributed by atoms with Gasteiger partial charge in [0.05, 0.1) is 12.7 Å². The molecule has 0 aromatic rings. The van der Waals surface area contributed by atoms with Crippen LogP contribution in [0.2, 0.25) is 0 Å². The molecule has 136 valence electrons. The molecule has 0 aromatic heterocycles. The third-order valence-corrected chi connectivity index (χ3v) is 4.11. The molecule has 1 fully saturated rings. The quantitative estimate of drug-likeness (QED) is 0.348. The topological polar surface area (TPSA) is 54.9 Å². The van der Waals surface area contributed by atoms with Crippen LogP contribution >= 0.6 is 0 Å². The Balaban J connectivity index is 2.00. The molecule has 0 aliphatic carbocycles. The first kappa shape index (κ1) is 20.2. The molecule has 5 heteroatoms. The van der Waals surface area contributed by atoms with E-state index in [1.54, 1.807) is 0 Å². The van der Waals surface area contributed by atoms with Crippen molar-refractivity contribution in [3.05, 3.63) is 0 Å². The molecule has 1 rings (SSSR count). The number of nitrogens with zero attached hydrogens (tertiary/aromatic N) is 1. The lowest BCUT2D eigenvalue weighted by molar-refractivity contribution is 0.0168. The van der Waals surface area contributed by atoms with E-state index >= 15 is 0 Å². The smallest absolute Gasteiger partial charge is 0.191 e. The number of rotatable bonds is 11. The normalized spacial score (nSPS) is 20.0. The van der Waals surface area contributed by atoms with Gasteiger partial charge in [0.15, 0.2) is 5.96 Å². The molecule has 0 bridgehead atoms. The molecule has 1 aliphatic heterocycles. The van der Waals surface area contributed by atoms with Gasteiger partial charge in [-0.05, 0) is 38.5 Å². The number of hydrogen-bond acceptors (Lipinski definition) is 3. The molecular formula is C18H37N3O2. The molecule has 0 amide bonds. The summed E-state index contributed by atoms with van der Waals surface area (Å²) in [6, 6.07) is 0.454. The maximum Gasteiger partial charge on any atom is 0.191 e. The van der Waals surface area contributed by atoms with Gasteiger partial charge in [-0.15, -0.1) is 0 Å². The molecule has 2 unspecified atom stereocenters. The van der Waals surface area contributed by atoms with Crippen LogP contribution in [0, 0.1) is 5.92 Å². The van der Waals surface area contributed by atoms with Crippen LogP contribution in [0.25, 0.3) is 0 Å². The van der Waals surface area contributed by atoms with Crippen molar-refractivity contribution in [2.45, 2.75) is 71.4 Å². The summed E-state index contributed by atoms with van der Waals surface area (Å²) in [5, 5.41) is 6.81. The van der Waals surface area contributed by atoms with Gasteiger partial charge in [-0.2, -0.15) is 0 Å². The van der Waals surface area contributed by atoms with Crippen LogP contribution in [0.3, 0.4) is 0 Å². The van der Waals surface area contributed by atoms with E-state index in [-0.39, 0.29) is 0 Å². The summed E-state index contributed by atoms with van der Waals surface area (Å²) >= 11 is 0. The number of aliphatic imine (C=N–C) groups is 1. The molecular weight excluding hydrogens is 290 g/mol. The lowest BCUT2D eigenvalue weighted by atomic mass is 10.0. The van der Waals surface area contributed by atoms with Gasteiger partial charge in [0.25, 0.3) is 0 Å². The highest BCUT2D eigenvalue weighted by Gasteiger charge is 2.14. The van der Waals surface area contributed by atoms with Crippen molar-refractivity contribution >= 4 is 5.96 Å². The van der Waals surface area contributed by atoms with E-state index in [9.17, 15) is 0 Å². The fraction of sp³-hybridized carbons (Fsp3) is 0.944. The Morgan fingerprint density at radius 1 is 1.26 bits per heavy atom. The van der Waals surface area contributed by atoms with Gasteiger partial charge in [0.1, 0.15) is 0 Å². The highest BCUT2D eigenvalue weighted by molar-refractivity contribution is 5.79. The second kappa shape index (κ2) is 12.6. The van der Waals surface area contributed by atoms with E-state index < -0.39 is 0 Å².